The van der Waals surface area contributed by atoms with Crippen LogP contribution in [0.4, 0.5) is 5.69 Å². The maximum atomic E-state index is 12.3. The molecule has 4 heteroatoms. The molecule has 0 heterocycles. The lowest BCUT2D eigenvalue weighted by atomic mass is 10.1. The highest BCUT2D eigenvalue weighted by atomic mass is 16.3. The van der Waals surface area contributed by atoms with Gasteiger partial charge in [0.15, 0.2) is 0 Å². The first-order valence-corrected chi connectivity index (χ1v) is 5.91. The molecule has 1 aromatic carbocycles. The van der Waals surface area contributed by atoms with E-state index in [2.05, 4.69) is 0 Å². The molecule has 1 saturated carbocycles. The molecule has 3 N–H and O–H groups in total. The van der Waals surface area contributed by atoms with Crippen molar-refractivity contribution in [2.75, 3.05) is 18.9 Å². The molecule has 0 radical (unpaired) electrons. The van der Waals surface area contributed by atoms with Crippen molar-refractivity contribution in [1.82, 2.24) is 4.90 Å². The number of aliphatic hydroxyl groups excluding tert-OH is 1. The Kier molecular flexibility index (Phi) is 3.33. The van der Waals surface area contributed by atoms with E-state index in [1.807, 2.05) is 6.92 Å². The van der Waals surface area contributed by atoms with Gasteiger partial charge in [0.05, 0.1) is 6.61 Å². The first-order chi connectivity index (χ1) is 8.13. The van der Waals surface area contributed by atoms with Crippen LogP contribution in [0, 0.1) is 6.92 Å². The van der Waals surface area contributed by atoms with E-state index in [9.17, 15) is 4.79 Å². The van der Waals surface area contributed by atoms with Crippen LogP contribution in [0.2, 0.25) is 0 Å². The maximum Gasteiger partial charge on any atom is 0.254 e. The van der Waals surface area contributed by atoms with Crippen LogP contribution in [-0.4, -0.2) is 35.1 Å². The molecule has 92 valence electrons. The summed E-state index contributed by atoms with van der Waals surface area (Å²) in [5, 5.41) is 9.01. The van der Waals surface area contributed by atoms with Crippen molar-refractivity contribution < 1.29 is 9.90 Å². The minimum Gasteiger partial charge on any atom is -0.399 e. The molecular weight excluding hydrogens is 216 g/mol. The number of nitrogens with zero attached hydrogens (tertiary/aromatic N) is 1. The summed E-state index contributed by atoms with van der Waals surface area (Å²) in [6, 6.07) is 5.62. The Labute approximate surface area is 101 Å². The van der Waals surface area contributed by atoms with E-state index in [1.165, 1.54) is 0 Å². The van der Waals surface area contributed by atoms with Crippen molar-refractivity contribution in [3.63, 3.8) is 0 Å². The number of hydrogen-bond donors (Lipinski definition) is 2. The van der Waals surface area contributed by atoms with Crippen molar-refractivity contribution in [1.29, 1.82) is 0 Å². The Morgan fingerprint density at radius 1 is 1.53 bits per heavy atom. The Balaban J connectivity index is 2.22. The van der Waals surface area contributed by atoms with Gasteiger partial charge in [-0.2, -0.15) is 0 Å². The zero-order valence-electron chi connectivity index (χ0n) is 10.0. The first-order valence-electron chi connectivity index (χ1n) is 5.91. The summed E-state index contributed by atoms with van der Waals surface area (Å²) in [4.78, 5) is 14.1. The molecule has 0 bridgehead atoms. The SMILES string of the molecule is Cc1cc(N)ccc1C(=O)N(CCO)C1CC1. The number of hydrogen-bond acceptors (Lipinski definition) is 3. The smallest absolute Gasteiger partial charge is 0.254 e. The molecule has 4 nitrogen and oxygen atoms in total. The van der Waals surface area contributed by atoms with Gasteiger partial charge in [-0.1, -0.05) is 0 Å². The van der Waals surface area contributed by atoms with Crippen molar-refractivity contribution >= 4 is 11.6 Å². The molecule has 1 aliphatic carbocycles. The van der Waals surface area contributed by atoms with E-state index < -0.39 is 0 Å². The molecule has 0 saturated heterocycles. The van der Waals surface area contributed by atoms with Gasteiger partial charge in [0.25, 0.3) is 5.91 Å². The Bertz CT molecular complexity index is 427. The summed E-state index contributed by atoms with van der Waals surface area (Å²) in [5.41, 5.74) is 7.90. The van der Waals surface area contributed by atoms with E-state index in [4.69, 9.17) is 10.8 Å². The third kappa shape index (κ3) is 2.58. The van der Waals surface area contributed by atoms with Crippen LogP contribution >= 0.6 is 0 Å². The second-order valence-electron chi connectivity index (χ2n) is 4.53. The van der Waals surface area contributed by atoms with Gasteiger partial charge >= 0.3 is 0 Å². The zero-order chi connectivity index (χ0) is 12.4. The molecule has 2 rings (SSSR count). The Morgan fingerprint density at radius 3 is 2.76 bits per heavy atom. The molecule has 1 aliphatic rings. The molecule has 17 heavy (non-hydrogen) atoms. The molecule has 0 atom stereocenters. The average Bonchev–Trinajstić information content (AvgIpc) is 3.09. The molecule has 0 spiro atoms. The van der Waals surface area contributed by atoms with E-state index in [-0.39, 0.29) is 12.5 Å². The van der Waals surface area contributed by atoms with Gasteiger partial charge in [0, 0.05) is 23.8 Å². The number of anilines is 1. The predicted octanol–water partition coefficient (Wildman–Crippen LogP) is 1.17. The highest BCUT2D eigenvalue weighted by Gasteiger charge is 2.32. The van der Waals surface area contributed by atoms with Crippen LogP contribution in [-0.2, 0) is 0 Å². The van der Waals surface area contributed by atoms with Gasteiger partial charge < -0.3 is 15.7 Å². The van der Waals surface area contributed by atoms with Crippen LogP contribution in [0.3, 0.4) is 0 Å². The topological polar surface area (TPSA) is 66.6 Å². The standard InChI is InChI=1S/C13H18N2O2/c1-9-8-10(14)2-5-12(9)13(17)15(6-7-16)11-3-4-11/h2,5,8,11,16H,3-4,6-7,14H2,1H3. The monoisotopic (exact) mass is 234 g/mol. The van der Waals surface area contributed by atoms with E-state index >= 15 is 0 Å². The molecule has 1 aromatic rings. The van der Waals surface area contributed by atoms with E-state index in [0.29, 0.717) is 23.8 Å². The van der Waals surface area contributed by atoms with Gasteiger partial charge in [-0.15, -0.1) is 0 Å². The van der Waals surface area contributed by atoms with Gasteiger partial charge in [0.1, 0.15) is 0 Å². The third-order valence-corrected chi connectivity index (χ3v) is 3.07. The zero-order valence-corrected chi connectivity index (χ0v) is 10.0. The first kappa shape index (κ1) is 11.9. The van der Waals surface area contributed by atoms with Crippen molar-refractivity contribution in [2.45, 2.75) is 25.8 Å². The van der Waals surface area contributed by atoms with Gasteiger partial charge in [-0.05, 0) is 43.5 Å². The average molecular weight is 234 g/mol. The summed E-state index contributed by atoms with van der Waals surface area (Å²) in [6.45, 7) is 2.30. The summed E-state index contributed by atoms with van der Waals surface area (Å²) in [5.74, 6) is -0.000880. The normalized spacial score (nSPS) is 14.7. The minimum absolute atomic E-state index is 0.000880. The van der Waals surface area contributed by atoms with Crippen LogP contribution in [0.5, 0.6) is 0 Å². The summed E-state index contributed by atoms with van der Waals surface area (Å²) >= 11 is 0. The van der Waals surface area contributed by atoms with Crippen LogP contribution in [0.25, 0.3) is 0 Å². The van der Waals surface area contributed by atoms with Crippen molar-refractivity contribution in [3.8, 4) is 0 Å². The number of benzene rings is 1. The lowest BCUT2D eigenvalue weighted by Gasteiger charge is -2.22. The molecule has 0 aromatic heterocycles. The van der Waals surface area contributed by atoms with E-state index in [0.717, 1.165) is 18.4 Å². The van der Waals surface area contributed by atoms with Gasteiger partial charge in [0.2, 0.25) is 0 Å². The summed E-state index contributed by atoms with van der Waals surface area (Å²) < 4.78 is 0. The highest BCUT2D eigenvalue weighted by Crippen LogP contribution is 2.28. The largest absolute Gasteiger partial charge is 0.399 e. The van der Waals surface area contributed by atoms with Gasteiger partial charge in [-0.3, -0.25) is 4.79 Å². The van der Waals surface area contributed by atoms with Crippen LogP contribution in [0.1, 0.15) is 28.8 Å². The third-order valence-electron chi connectivity index (χ3n) is 3.07. The number of carbonyl (C=O) groups excluding carboxylic acids is 1. The fourth-order valence-corrected chi connectivity index (χ4v) is 2.03. The summed E-state index contributed by atoms with van der Waals surface area (Å²) in [7, 11) is 0. The number of carbonyl (C=O) groups is 1. The minimum atomic E-state index is -0.000880. The Morgan fingerprint density at radius 2 is 2.24 bits per heavy atom. The van der Waals surface area contributed by atoms with Gasteiger partial charge in [-0.25, -0.2) is 0 Å². The van der Waals surface area contributed by atoms with E-state index in [1.54, 1.807) is 23.1 Å². The molecule has 1 amide bonds. The lowest BCUT2D eigenvalue weighted by molar-refractivity contribution is 0.0707. The predicted molar refractivity (Wildman–Crippen MR) is 66.7 cm³/mol. The lowest BCUT2D eigenvalue weighted by Crippen LogP contribution is -2.35. The molecular formula is C13H18N2O2. The van der Waals surface area contributed by atoms with Crippen LogP contribution in [0.15, 0.2) is 18.2 Å². The maximum absolute atomic E-state index is 12.3. The molecule has 0 aliphatic heterocycles. The van der Waals surface area contributed by atoms with Crippen LogP contribution < -0.4 is 5.73 Å². The number of aliphatic hydroxyl groups is 1. The Hall–Kier alpha value is -1.55. The molecule has 0 unspecified atom stereocenters. The second-order valence-corrected chi connectivity index (χ2v) is 4.53. The quantitative estimate of drug-likeness (QED) is 0.769. The number of rotatable bonds is 4. The highest BCUT2D eigenvalue weighted by molar-refractivity contribution is 5.96. The number of aryl methyl sites for hydroxylation is 1. The number of nitrogen functional groups attached to an aromatic ring is 1. The fourth-order valence-electron chi connectivity index (χ4n) is 2.03. The summed E-state index contributed by atoms with van der Waals surface area (Å²) in [6.07, 6.45) is 2.08. The number of amides is 1. The molecule has 1 fully saturated rings. The number of nitrogens with two attached hydrogens (primary N) is 1. The fraction of sp³-hybridized carbons (Fsp3) is 0.462. The second kappa shape index (κ2) is 4.75. The van der Waals surface area contributed by atoms with Crippen molar-refractivity contribution in [3.05, 3.63) is 29.3 Å². The van der Waals surface area contributed by atoms with Crippen molar-refractivity contribution in [2.24, 2.45) is 0 Å².